The van der Waals surface area contributed by atoms with Gasteiger partial charge >= 0.3 is 0 Å². The normalized spacial score (nSPS) is 14.0. The van der Waals surface area contributed by atoms with Gasteiger partial charge in [0.1, 0.15) is 5.82 Å². The number of benzene rings is 2. The Morgan fingerprint density at radius 1 is 1.14 bits per heavy atom. The number of aromatic amines is 1. The molecule has 0 unspecified atom stereocenters. The summed E-state index contributed by atoms with van der Waals surface area (Å²) in [5.74, 6) is -1.09. The first kappa shape index (κ1) is 18.0. The third-order valence-electron chi connectivity index (χ3n) is 4.98. The zero-order valence-corrected chi connectivity index (χ0v) is 15.2. The van der Waals surface area contributed by atoms with E-state index in [-0.39, 0.29) is 18.0 Å². The van der Waals surface area contributed by atoms with Crippen molar-refractivity contribution in [2.45, 2.75) is 6.42 Å². The zero-order valence-electron chi connectivity index (χ0n) is 15.2. The highest BCUT2D eigenvalue weighted by atomic mass is 19.1. The Bertz CT molecular complexity index is 1070. The van der Waals surface area contributed by atoms with Crippen LogP contribution in [0.1, 0.15) is 22.3 Å². The molecule has 2 amide bonds. The van der Waals surface area contributed by atoms with Gasteiger partial charge in [0.2, 0.25) is 5.91 Å². The number of carbonyl (C=O) groups excluding carboxylic acids is 2. The first-order valence-corrected chi connectivity index (χ1v) is 9.19. The Balaban J connectivity index is 1.36. The van der Waals surface area contributed by atoms with Crippen LogP contribution in [0.2, 0.25) is 0 Å². The van der Waals surface area contributed by atoms with Crippen LogP contribution in [0.3, 0.4) is 0 Å². The quantitative estimate of drug-likeness (QED) is 0.732. The van der Waals surface area contributed by atoms with Crippen LogP contribution in [0.5, 0.6) is 0 Å². The van der Waals surface area contributed by atoms with Crippen LogP contribution in [-0.2, 0) is 4.79 Å². The molecule has 0 spiro atoms. The van der Waals surface area contributed by atoms with E-state index >= 15 is 0 Å². The minimum atomic E-state index is -0.482. The van der Waals surface area contributed by atoms with Gasteiger partial charge in [0, 0.05) is 41.3 Å². The van der Waals surface area contributed by atoms with Crippen LogP contribution in [-0.4, -0.2) is 41.3 Å². The third kappa shape index (κ3) is 3.67. The lowest BCUT2D eigenvalue weighted by Gasteiger charge is -2.26. The van der Waals surface area contributed by atoms with Crippen molar-refractivity contribution in [3.05, 3.63) is 77.7 Å². The number of hydrogen-bond donors (Lipinski definition) is 2. The number of aromatic nitrogens is 1. The summed E-state index contributed by atoms with van der Waals surface area (Å²) in [6.45, 7) is 0.995. The molecule has 5 nitrogen and oxygen atoms in total. The highest BCUT2D eigenvalue weighted by Gasteiger charge is 2.20. The Kier molecular flexibility index (Phi) is 4.93. The van der Waals surface area contributed by atoms with E-state index in [1.807, 2.05) is 24.4 Å². The fourth-order valence-corrected chi connectivity index (χ4v) is 3.48. The van der Waals surface area contributed by atoms with Crippen LogP contribution in [0.4, 0.5) is 4.39 Å². The molecule has 0 atom stereocenters. The number of halogens is 1. The van der Waals surface area contributed by atoms with Crippen LogP contribution >= 0.6 is 0 Å². The minimum absolute atomic E-state index is 0.106. The number of carbonyl (C=O) groups is 2. The van der Waals surface area contributed by atoms with Gasteiger partial charge in [-0.1, -0.05) is 30.3 Å². The maximum absolute atomic E-state index is 13.2. The minimum Gasteiger partial charge on any atom is -0.361 e. The monoisotopic (exact) mass is 377 g/mol. The SMILES string of the molecule is O=C(NCC(=O)N1CC=C(c2c[nH]c3ccccc23)CC1)c1cccc(F)c1. The molecule has 28 heavy (non-hydrogen) atoms. The lowest BCUT2D eigenvalue weighted by Crippen LogP contribution is -2.42. The molecule has 0 radical (unpaired) electrons. The van der Waals surface area contributed by atoms with Crippen molar-refractivity contribution in [1.82, 2.24) is 15.2 Å². The molecule has 0 saturated heterocycles. The smallest absolute Gasteiger partial charge is 0.251 e. The number of fused-ring (bicyclic) bond motifs is 1. The summed E-state index contributed by atoms with van der Waals surface area (Å²) >= 11 is 0. The molecule has 1 aliphatic rings. The summed E-state index contributed by atoms with van der Waals surface area (Å²) in [6, 6.07) is 13.5. The van der Waals surface area contributed by atoms with Crippen molar-refractivity contribution in [2.24, 2.45) is 0 Å². The van der Waals surface area contributed by atoms with E-state index in [9.17, 15) is 14.0 Å². The van der Waals surface area contributed by atoms with Crippen molar-refractivity contribution in [3.63, 3.8) is 0 Å². The average molecular weight is 377 g/mol. The Hall–Kier alpha value is -3.41. The van der Waals surface area contributed by atoms with Crippen LogP contribution < -0.4 is 5.32 Å². The molecule has 6 heteroatoms. The highest BCUT2D eigenvalue weighted by Crippen LogP contribution is 2.29. The molecule has 4 rings (SSSR count). The lowest BCUT2D eigenvalue weighted by molar-refractivity contribution is -0.129. The number of H-pyrrole nitrogens is 1. The van der Waals surface area contributed by atoms with Crippen molar-refractivity contribution in [3.8, 4) is 0 Å². The van der Waals surface area contributed by atoms with Crippen molar-refractivity contribution >= 4 is 28.3 Å². The molecule has 142 valence electrons. The molecule has 1 aliphatic heterocycles. The maximum atomic E-state index is 13.2. The molecule has 0 bridgehead atoms. The number of hydrogen-bond acceptors (Lipinski definition) is 2. The summed E-state index contributed by atoms with van der Waals surface area (Å²) < 4.78 is 13.2. The molecule has 0 saturated carbocycles. The van der Waals surface area contributed by atoms with Gasteiger partial charge in [-0.05, 0) is 36.3 Å². The second kappa shape index (κ2) is 7.68. The largest absolute Gasteiger partial charge is 0.361 e. The highest BCUT2D eigenvalue weighted by molar-refractivity contribution is 5.97. The molecular formula is C22H20FN3O2. The van der Waals surface area contributed by atoms with Crippen molar-refractivity contribution in [1.29, 1.82) is 0 Å². The van der Waals surface area contributed by atoms with Gasteiger partial charge in [-0.25, -0.2) is 4.39 Å². The molecule has 3 aromatic rings. The predicted octanol–water partition coefficient (Wildman–Crippen LogP) is 3.35. The Morgan fingerprint density at radius 3 is 2.79 bits per heavy atom. The number of rotatable bonds is 4. The molecule has 1 aromatic heterocycles. The van der Waals surface area contributed by atoms with Crippen molar-refractivity contribution < 1.29 is 14.0 Å². The third-order valence-corrected chi connectivity index (χ3v) is 4.98. The molecule has 2 N–H and O–H groups in total. The number of para-hydroxylation sites is 1. The van der Waals surface area contributed by atoms with E-state index < -0.39 is 11.7 Å². The van der Waals surface area contributed by atoms with Crippen molar-refractivity contribution in [2.75, 3.05) is 19.6 Å². The van der Waals surface area contributed by atoms with Crippen LogP contribution in [0, 0.1) is 5.82 Å². The van der Waals surface area contributed by atoms with E-state index in [0.29, 0.717) is 13.1 Å². The molecular weight excluding hydrogens is 357 g/mol. The van der Waals surface area contributed by atoms with E-state index in [1.54, 1.807) is 4.90 Å². The van der Waals surface area contributed by atoms with Gasteiger partial charge in [0.25, 0.3) is 5.91 Å². The number of nitrogens with one attached hydrogen (secondary N) is 2. The summed E-state index contributed by atoms with van der Waals surface area (Å²) in [4.78, 5) is 29.4. The summed E-state index contributed by atoms with van der Waals surface area (Å²) in [7, 11) is 0. The van der Waals surface area contributed by atoms with Crippen LogP contribution in [0.25, 0.3) is 16.5 Å². The molecule has 0 fully saturated rings. The van der Waals surface area contributed by atoms with Gasteiger partial charge in [0.15, 0.2) is 0 Å². The maximum Gasteiger partial charge on any atom is 0.251 e. The van der Waals surface area contributed by atoms with Gasteiger partial charge in [-0.2, -0.15) is 0 Å². The Morgan fingerprint density at radius 2 is 2.00 bits per heavy atom. The summed E-state index contributed by atoms with van der Waals surface area (Å²) in [5.41, 5.74) is 3.68. The van der Waals surface area contributed by atoms with Crippen LogP contribution in [0.15, 0.2) is 60.8 Å². The fraction of sp³-hybridized carbons (Fsp3) is 0.182. The average Bonchev–Trinajstić information content (AvgIpc) is 3.16. The predicted molar refractivity (Wildman–Crippen MR) is 106 cm³/mol. The van der Waals surface area contributed by atoms with Gasteiger partial charge in [-0.15, -0.1) is 0 Å². The fourth-order valence-electron chi connectivity index (χ4n) is 3.48. The zero-order chi connectivity index (χ0) is 19.5. The summed E-state index contributed by atoms with van der Waals surface area (Å²) in [5, 5.41) is 3.74. The molecule has 0 aliphatic carbocycles. The second-order valence-corrected chi connectivity index (χ2v) is 6.76. The molecule has 2 aromatic carbocycles. The van der Waals surface area contributed by atoms with E-state index in [0.717, 1.165) is 18.0 Å². The second-order valence-electron chi connectivity index (χ2n) is 6.76. The topological polar surface area (TPSA) is 65.2 Å². The first-order chi connectivity index (χ1) is 13.6. The lowest BCUT2D eigenvalue weighted by atomic mass is 9.99. The van der Waals surface area contributed by atoms with E-state index in [2.05, 4.69) is 22.4 Å². The summed E-state index contributed by atoms with van der Waals surface area (Å²) in [6.07, 6.45) is 4.82. The Labute approximate surface area is 161 Å². The van der Waals surface area contributed by atoms with Gasteiger partial charge in [0.05, 0.1) is 6.54 Å². The first-order valence-electron chi connectivity index (χ1n) is 9.19. The van der Waals surface area contributed by atoms with E-state index in [1.165, 1.54) is 34.7 Å². The molecule has 2 heterocycles. The standard InChI is InChI=1S/C22H20FN3O2/c23-17-5-3-4-16(12-17)22(28)25-14-21(27)26-10-8-15(9-11-26)19-13-24-20-7-2-1-6-18(19)20/h1-8,12-13,24H,9-11,14H2,(H,25,28). The van der Waals surface area contributed by atoms with E-state index in [4.69, 9.17) is 0 Å². The number of amides is 2. The van der Waals surface area contributed by atoms with Gasteiger partial charge in [-0.3, -0.25) is 9.59 Å². The number of nitrogens with zero attached hydrogens (tertiary/aromatic N) is 1. The van der Waals surface area contributed by atoms with Gasteiger partial charge < -0.3 is 15.2 Å².